The van der Waals surface area contributed by atoms with Crippen molar-refractivity contribution in [3.05, 3.63) is 53.2 Å². The fourth-order valence-electron chi connectivity index (χ4n) is 3.22. The predicted molar refractivity (Wildman–Crippen MR) is 105 cm³/mol. The zero-order valence-corrected chi connectivity index (χ0v) is 16.7. The molecule has 3 rings (SSSR count). The lowest BCUT2D eigenvalue weighted by molar-refractivity contribution is -0.120. The van der Waals surface area contributed by atoms with Gasteiger partial charge in [-0.3, -0.25) is 4.79 Å². The van der Waals surface area contributed by atoms with E-state index in [9.17, 15) is 13.2 Å². The van der Waals surface area contributed by atoms with E-state index < -0.39 is 10.0 Å². The number of aromatic nitrogens is 1. The molecule has 1 saturated heterocycles. The quantitative estimate of drug-likeness (QED) is 0.874. The first kappa shape index (κ1) is 19.5. The second kappa shape index (κ2) is 7.78. The molecule has 2 aromatic rings. The van der Waals surface area contributed by atoms with Gasteiger partial charge in [-0.1, -0.05) is 12.1 Å². The number of piperidine rings is 1. The summed E-state index contributed by atoms with van der Waals surface area (Å²) < 4.78 is 27.2. The first-order valence-corrected chi connectivity index (χ1v) is 10.5. The third-order valence-corrected chi connectivity index (χ3v) is 6.98. The summed E-state index contributed by atoms with van der Waals surface area (Å²) in [6.07, 6.45) is 1.00. The van der Waals surface area contributed by atoms with Crippen LogP contribution in [0.2, 0.25) is 0 Å². The largest absolute Gasteiger partial charge is 0.310 e. The summed E-state index contributed by atoms with van der Waals surface area (Å²) in [6.45, 7) is 6.41. The number of hydrogen-bond acceptors (Lipinski definition) is 4. The van der Waals surface area contributed by atoms with E-state index in [-0.39, 0.29) is 11.8 Å². The predicted octanol–water partition coefficient (Wildman–Crippen LogP) is 3.05. The van der Waals surface area contributed by atoms with E-state index >= 15 is 0 Å². The van der Waals surface area contributed by atoms with Crippen LogP contribution in [-0.2, 0) is 14.8 Å². The Balaban J connectivity index is 1.64. The van der Waals surface area contributed by atoms with Gasteiger partial charge in [-0.25, -0.2) is 13.4 Å². The molecule has 0 bridgehead atoms. The highest BCUT2D eigenvalue weighted by molar-refractivity contribution is 7.89. The molecule has 1 aromatic heterocycles. The van der Waals surface area contributed by atoms with Crippen LogP contribution in [0.4, 0.5) is 5.82 Å². The number of anilines is 1. The highest BCUT2D eigenvalue weighted by Gasteiger charge is 2.32. The van der Waals surface area contributed by atoms with Gasteiger partial charge in [0.05, 0.1) is 4.90 Å². The second-order valence-corrected chi connectivity index (χ2v) is 9.02. The molecular formula is C20H25N3O3S. The van der Waals surface area contributed by atoms with E-state index in [0.717, 1.165) is 16.8 Å². The lowest BCUT2D eigenvalue weighted by Gasteiger charge is -2.30. The van der Waals surface area contributed by atoms with Crippen LogP contribution in [0, 0.1) is 26.7 Å². The van der Waals surface area contributed by atoms with Crippen LogP contribution in [-0.4, -0.2) is 36.7 Å². The number of amides is 1. The first-order valence-electron chi connectivity index (χ1n) is 9.09. The number of aryl methyl sites for hydroxylation is 3. The van der Waals surface area contributed by atoms with Gasteiger partial charge >= 0.3 is 0 Å². The minimum absolute atomic E-state index is 0.101. The summed E-state index contributed by atoms with van der Waals surface area (Å²) >= 11 is 0. The van der Waals surface area contributed by atoms with Crippen molar-refractivity contribution in [2.45, 2.75) is 38.5 Å². The van der Waals surface area contributed by atoms with Crippen molar-refractivity contribution in [2.75, 3.05) is 18.4 Å². The van der Waals surface area contributed by atoms with Gasteiger partial charge in [0.25, 0.3) is 0 Å². The van der Waals surface area contributed by atoms with Gasteiger partial charge in [0, 0.05) is 24.7 Å². The molecule has 0 saturated carbocycles. The number of carbonyl (C=O) groups excluding carboxylic acids is 1. The minimum Gasteiger partial charge on any atom is -0.310 e. The van der Waals surface area contributed by atoms with E-state index in [1.165, 1.54) is 4.31 Å². The first-order chi connectivity index (χ1) is 12.8. The van der Waals surface area contributed by atoms with Gasteiger partial charge in [-0.2, -0.15) is 4.31 Å². The molecule has 0 unspecified atom stereocenters. The molecular weight excluding hydrogens is 362 g/mol. The number of hydrogen-bond donors (Lipinski definition) is 1. The molecule has 6 nitrogen and oxygen atoms in total. The Kier molecular flexibility index (Phi) is 5.62. The number of nitrogens with zero attached hydrogens (tertiary/aromatic N) is 2. The Labute approximate surface area is 160 Å². The van der Waals surface area contributed by atoms with E-state index in [2.05, 4.69) is 10.3 Å². The maximum absolute atomic E-state index is 12.9. The maximum Gasteiger partial charge on any atom is 0.243 e. The summed E-state index contributed by atoms with van der Waals surface area (Å²) in [5.41, 5.74) is 2.85. The molecule has 1 amide bonds. The van der Waals surface area contributed by atoms with Gasteiger partial charge in [0.1, 0.15) is 5.82 Å². The van der Waals surface area contributed by atoms with Crippen molar-refractivity contribution in [3.8, 4) is 0 Å². The van der Waals surface area contributed by atoms with Crippen LogP contribution in [0.25, 0.3) is 0 Å². The van der Waals surface area contributed by atoms with Gasteiger partial charge in [0.2, 0.25) is 15.9 Å². The van der Waals surface area contributed by atoms with Crippen molar-refractivity contribution in [1.29, 1.82) is 0 Å². The summed E-state index contributed by atoms with van der Waals surface area (Å²) in [7, 11) is -3.53. The monoisotopic (exact) mass is 387 g/mol. The van der Waals surface area contributed by atoms with Crippen molar-refractivity contribution in [2.24, 2.45) is 5.92 Å². The van der Waals surface area contributed by atoms with E-state index in [1.807, 2.05) is 39.0 Å². The summed E-state index contributed by atoms with van der Waals surface area (Å²) in [5.74, 6) is 0.222. The Hall–Kier alpha value is -2.25. The molecule has 0 aliphatic carbocycles. The van der Waals surface area contributed by atoms with Crippen LogP contribution in [0.15, 0.2) is 41.3 Å². The van der Waals surface area contributed by atoms with Crippen LogP contribution < -0.4 is 5.32 Å². The topological polar surface area (TPSA) is 79.4 Å². The summed E-state index contributed by atoms with van der Waals surface area (Å²) in [4.78, 5) is 17.1. The lowest BCUT2D eigenvalue weighted by atomic mass is 9.97. The molecule has 1 aliphatic heterocycles. The Morgan fingerprint density at radius 1 is 1.07 bits per heavy atom. The van der Waals surface area contributed by atoms with Gasteiger partial charge in [0.15, 0.2) is 0 Å². The smallest absolute Gasteiger partial charge is 0.243 e. The standard InChI is InChI=1S/C20H25N3O3S/c1-14-7-8-18(13-15(14)2)27(25,26)23-11-9-17(10-12-23)20(24)22-19-6-4-5-16(3)21-19/h4-8,13,17H,9-12H2,1-3H3,(H,21,22,24). The van der Waals surface area contributed by atoms with Crippen LogP contribution >= 0.6 is 0 Å². The molecule has 1 fully saturated rings. The van der Waals surface area contributed by atoms with Crippen LogP contribution in [0.5, 0.6) is 0 Å². The third kappa shape index (κ3) is 4.36. The summed E-state index contributed by atoms with van der Waals surface area (Å²) in [6, 6.07) is 10.7. The molecule has 27 heavy (non-hydrogen) atoms. The van der Waals surface area contributed by atoms with Crippen LogP contribution in [0.1, 0.15) is 29.7 Å². The minimum atomic E-state index is -3.53. The normalized spacial score (nSPS) is 16.3. The van der Waals surface area contributed by atoms with Gasteiger partial charge < -0.3 is 5.32 Å². The Morgan fingerprint density at radius 3 is 2.41 bits per heavy atom. The van der Waals surface area contributed by atoms with E-state index in [4.69, 9.17) is 0 Å². The molecule has 0 spiro atoms. The van der Waals surface area contributed by atoms with Crippen molar-refractivity contribution < 1.29 is 13.2 Å². The molecule has 7 heteroatoms. The third-order valence-electron chi connectivity index (χ3n) is 5.08. The maximum atomic E-state index is 12.9. The molecule has 1 aliphatic rings. The van der Waals surface area contributed by atoms with Gasteiger partial charge in [-0.05, 0) is 69.0 Å². The number of sulfonamides is 1. The highest BCUT2D eigenvalue weighted by atomic mass is 32.2. The Bertz CT molecular complexity index is 949. The number of rotatable bonds is 4. The van der Waals surface area contributed by atoms with Crippen LogP contribution in [0.3, 0.4) is 0 Å². The second-order valence-electron chi connectivity index (χ2n) is 7.08. The summed E-state index contributed by atoms with van der Waals surface area (Å²) in [5, 5.41) is 2.83. The molecule has 2 heterocycles. The lowest BCUT2D eigenvalue weighted by Crippen LogP contribution is -2.41. The van der Waals surface area contributed by atoms with Crippen molar-refractivity contribution in [3.63, 3.8) is 0 Å². The molecule has 1 N–H and O–H groups in total. The zero-order chi connectivity index (χ0) is 19.6. The van der Waals surface area contributed by atoms with E-state index in [1.54, 1.807) is 18.2 Å². The number of benzene rings is 1. The number of carbonyl (C=O) groups is 1. The van der Waals surface area contributed by atoms with E-state index in [0.29, 0.717) is 36.6 Å². The SMILES string of the molecule is Cc1cccc(NC(=O)C2CCN(S(=O)(=O)c3ccc(C)c(C)c3)CC2)n1. The fraction of sp³-hybridized carbons (Fsp3) is 0.400. The average Bonchev–Trinajstić information content (AvgIpc) is 2.64. The number of nitrogens with one attached hydrogen (secondary N) is 1. The highest BCUT2D eigenvalue weighted by Crippen LogP contribution is 2.25. The zero-order valence-electron chi connectivity index (χ0n) is 15.9. The van der Waals surface area contributed by atoms with Crippen molar-refractivity contribution >= 4 is 21.7 Å². The fourth-order valence-corrected chi connectivity index (χ4v) is 4.78. The average molecular weight is 388 g/mol. The van der Waals surface area contributed by atoms with Gasteiger partial charge in [-0.15, -0.1) is 0 Å². The Morgan fingerprint density at radius 2 is 1.78 bits per heavy atom. The van der Waals surface area contributed by atoms with Crippen molar-refractivity contribution in [1.82, 2.24) is 9.29 Å². The molecule has 0 radical (unpaired) electrons. The number of pyridine rings is 1. The molecule has 144 valence electrons. The molecule has 0 atom stereocenters. The molecule has 1 aromatic carbocycles.